The number of amides is 1. The minimum Gasteiger partial charge on any atom is -0.493 e. The maximum absolute atomic E-state index is 13.0. The van der Waals surface area contributed by atoms with E-state index in [1.807, 2.05) is 42.5 Å². The fourth-order valence-electron chi connectivity index (χ4n) is 3.19. The standard InChI is InChI=1S/C21H22N4O3S/c26-21(20-11-23-29-24-20)25(13-18-5-1-2-8-22-18)12-16-4-3-6-19(10-16)28-15-17-7-9-27-14-17/h1-6,8,10-11,17H,7,9,12-15H2. The Hall–Kier alpha value is -2.84. The number of carbonyl (C=O) groups is 1. The van der Waals surface area contributed by atoms with E-state index >= 15 is 0 Å². The number of nitrogens with zero attached hydrogens (tertiary/aromatic N) is 4. The topological polar surface area (TPSA) is 77.4 Å². The van der Waals surface area contributed by atoms with Crippen LogP contribution in [0.4, 0.5) is 0 Å². The fraction of sp³-hybridized carbons (Fsp3) is 0.333. The van der Waals surface area contributed by atoms with Gasteiger partial charge in [0.15, 0.2) is 5.69 Å². The molecule has 1 unspecified atom stereocenters. The van der Waals surface area contributed by atoms with Gasteiger partial charge in [0.25, 0.3) is 5.91 Å². The number of pyridine rings is 1. The zero-order chi connectivity index (χ0) is 19.9. The molecule has 0 radical (unpaired) electrons. The van der Waals surface area contributed by atoms with E-state index in [1.165, 1.54) is 6.20 Å². The molecule has 7 nitrogen and oxygen atoms in total. The highest BCUT2D eigenvalue weighted by molar-refractivity contribution is 6.99. The van der Waals surface area contributed by atoms with Crippen LogP contribution in [0.5, 0.6) is 5.75 Å². The molecule has 1 atom stereocenters. The average Bonchev–Trinajstić information content (AvgIpc) is 3.47. The zero-order valence-electron chi connectivity index (χ0n) is 15.9. The lowest BCUT2D eigenvalue weighted by Crippen LogP contribution is -2.30. The molecule has 1 aromatic carbocycles. The van der Waals surface area contributed by atoms with Crippen LogP contribution in [0.1, 0.15) is 28.2 Å². The Labute approximate surface area is 173 Å². The van der Waals surface area contributed by atoms with E-state index in [-0.39, 0.29) is 5.91 Å². The van der Waals surface area contributed by atoms with E-state index in [4.69, 9.17) is 9.47 Å². The van der Waals surface area contributed by atoms with Crippen LogP contribution in [-0.4, -0.2) is 44.4 Å². The predicted octanol–water partition coefficient (Wildman–Crippen LogP) is 3.19. The molecule has 150 valence electrons. The number of benzene rings is 1. The first-order valence-corrected chi connectivity index (χ1v) is 10.3. The number of hydrogen-bond donors (Lipinski definition) is 0. The highest BCUT2D eigenvalue weighted by Crippen LogP contribution is 2.20. The number of hydrogen-bond acceptors (Lipinski definition) is 7. The molecule has 8 heteroatoms. The maximum Gasteiger partial charge on any atom is 0.275 e. The minimum atomic E-state index is -0.168. The van der Waals surface area contributed by atoms with E-state index in [2.05, 4.69) is 13.7 Å². The third-order valence-corrected chi connectivity index (χ3v) is 5.21. The molecule has 29 heavy (non-hydrogen) atoms. The summed E-state index contributed by atoms with van der Waals surface area (Å²) < 4.78 is 19.4. The van der Waals surface area contributed by atoms with Gasteiger partial charge in [0, 0.05) is 25.3 Å². The molecule has 1 saturated heterocycles. The number of carbonyl (C=O) groups excluding carboxylic acids is 1. The lowest BCUT2D eigenvalue weighted by molar-refractivity contribution is 0.0722. The lowest BCUT2D eigenvalue weighted by Gasteiger charge is -2.22. The Kier molecular flexibility index (Phi) is 6.43. The third-order valence-electron chi connectivity index (χ3n) is 4.73. The van der Waals surface area contributed by atoms with E-state index < -0.39 is 0 Å². The summed E-state index contributed by atoms with van der Waals surface area (Å²) in [6.07, 6.45) is 4.26. The normalized spacial score (nSPS) is 15.9. The second-order valence-corrected chi connectivity index (χ2v) is 7.52. The van der Waals surface area contributed by atoms with Gasteiger partial charge in [-0.05, 0) is 36.2 Å². The van der Waals surface area contributed by atoms with Crippen molar-refractivity contribution in [2.75, 3.05) is 19.8 Å². The zero-order valence-corrected chi connectivity index (χ0v) is 16.8. The van der Waals surface area contributed by atoms with Gasteiger partial charge in [-0.1, -0.05) is 18.2 Å². The van der Waals surface area contributed by atoms with Crippen molar-refractivity contribution in [2.45, 2.75) is 19.5 Å². The largest absolute Gasteiger partial charge is 0.493 e. The van der Waals surface area contributed by atoms with E-state index in [0.29, 0.717) is 31.3 Å². The summed E-state index contributed by atoms with van der Waals surface area (Å²) in [6.45, 7) is 3.03. The highest BCUT2D eigenvalue weighted by Gasteiger charge is 2.20. The SMILES string of the molecule is O=C(c1cnsn1)N(Cc1cccc(OCC2CCOC2)c1)Cc1ccccn1. The molecule has 0 aliphatic carbocycles. The van der Waals surface area contributed by atoms with Gasteiger partial charge in [0.05, 0.1) is 43.4 Å². The van der Waals surface area contributed by atoms with Gasteiger partial charge in [-0.2, -0.15) is 8.75 Å². The number of ether oxygens (including phenoxy) is 2. The first kappa shape index (κ1) is 19.5. The Bertz CT molecular complexity index is 915. The summed E-state index contributed by atoms with van der Waals surface area (Å²) in [7, 11) is 0. The summed E-state index contributed by atoms with van der Waals surface area (Å²) in [5.74, 6) is 1.08. The van der Waals surface area contributed by atoms with Gasteiger partial charge >= 0.3 is 0 Å². The van der Waals surface area contributed by atoms with Gasteiger partial charge in [-0.25, -0.2) is 0 Å². The first-order valence-electron chi connectivity index (χ1n) is 9.54. The molecule has 1 fully saturated rings. The first-order chi connectivity index (χ1) is 14.3. The molecule has 1 aliphatic heterocycles. The molecule has 0 N–H and O–H groups in total. The summed E-state index contributed by atoms with van der Waals surface area (Å²) in [5.41, 5.74) is 2.15. The Morgan fingerprint density at radius 1 is 1.24 bits per heavy atom. The van der Waals surface area contributed by atoms with Crippen LogP contribution >= 0.6 is 11.7 Å². The molecule has 1 amide bonds. The van der Waals surface area contributed by atoms with Crippen LogP contribution in [0, 0.1) is 5.92 Å². The lowest BCUT2D eigenvalue weighted by atomic mass is 10.1. The molecule has 4 rings (SSSR count). The molecule has 3 aromatic rings. The van der Waals surface area contributed by atoms with Crippen molar-refractivity contribution < 1.29 is 14.3 Å². The van der Waals surface area contributed by atoms with Gasteiger partial charge in [-0.3, -0.25) is 9.78 Å². The Morgan fingerprint density at radius 2 is 2.21 bits per heavy atom. The maximum atomic E-state index is 13.0. The van der Waals surface area contributed by atoms with Crippen molar-refractivity contribution >= 4 is 17.6 Å². The molecular formula is C21H22N4O3S. The van der Waals surface area contributed by atoms with Crippen LogP contribution in [0.15, 0.2) is 54.9 Å². The summed E-state index contributed by atoms with van der Waals surface area (Å²) in [6, 6.07) is 13.5. The monoisotopic (exact) mass is 410 g/mol. The summed E-state index contributed by atoms with van der Waals surface area (Å²) >= 11 is 1.03. The smallest absolute Gasteiger partial charge is 0.275 e. The van der Waals surface area contributed by atoms with Crippen molar-refractivity contribution in [2.24, 2.45) is 5.92 Å². The van der Waals surface area contributed by atoms with Crippen molar-refractivity contribution in [1.29, 1.82) is 0 Å². The van der Waals surface area contributed by atoms with Gasteiger partial charge in [-0.15, -0.1) is 0 Å². The van der Waals surface area contributed by atoms with E-state index in [9.17, 15) is 4.79 Å². The van der Waals surface area contributed by atoms with Crippen LogP contribution in [0.3, 0.4) is 0 Å². The number of aromatic nitrogens is 3. The van der Waals surface area contributed by atoms with Crippen LogP contribution in [-0.2, 0) is 17.8 Å². The van der Waals surface area contributed by atoms with Crippen molar-refractivity contribution in [3.8, 4) is 5.75 Å². The van der Waals surface area contributed by atoms with Crippen LogP contribution in [0.2, 0.25) is 0 Å². The van der Waals surface area contributed by atoms with Gasteiger partial charge < -0.3 is 14.4 Å². The Balaban J connectivity index is 1.47. The quantitative estimate of drug-likeness (QED) is 0.568. The van der Waals surface area contributed by atoms with Crippen molar-refractivity contribution in [3.05, 3.63) is 71.8 Å². The molecule has 0 bridgehead atoms. The van der Waals surface area contributed by atoms with E-state index in [0.717, 1.165) is 48.4 Å². The predicted molar refractivity (Wildman–Crippen MR) is 109 cm³/mol. The number of rotatable bonds is 8. The third kappa shape index (κ3) is 5.36. The molecular weight excluding hydrogens is 388 g/mol. The summed E-state index contributed by atoms with van der Waals surface area (Å²) in [4.78, 5) is 19.0. The Morgan fingerprint density at radius 3 is 2.97 bits per heavy atom. The van der Waals surface area contributed by atoms with Gasteiger partial charge in [0.2, 0.25) is 0 Å². The molecule has 2 aromatic heterocycles. The van der Waals surface area contributed by atoms with Gasteiger partial charge in [0.1, 0.15) is 5.75 Å². The highest BCUT2D eigenvalue weighted by atomic mass is 32.1. The molecule has 0 saturated carbocycles. The molecule has 3 heterocycles. The second kappa shape index (κ2) is 9.58. The fourth-order valence-corrected chi connectivity index (χ4v) is 3.60. The molecule has 0 spiro atoms. The van der Waals surface area contributed by atoms with E-state index in [1.54, 1.807) is 11.1 Å². The minimum absolute atomic E-state index is 0.168. The van der Waals surface area contributed by atoms with Crippen molar-refractivity contribution in [1.82, 2.24) is 18.6 Å². The van der Waals surface area contributed by atoms with Crippen LogP contribution < -0.4 is 4.74 Å². The van der Waals surface area contributed by atoms with Crippen molar-refractivity contribution in [3.63, 3.8) is 0 Å². The average molecular weight is 410 g/mol. The second-order valence-electron chi connectivity index (χ2n) is 6.96. The molecule has 1 aliphatic rings. The summed E-state index contributed by atoms with van der Waals surface area (Å²) in [5, 5.41) is 0. The van der Waals surface area contributed by atoms with Crippen LogP contribution in [0.25, 0.3) is 0 Å².